The minimum absolute atomic E-state index is 0.114. The summed E-state index contributed by atoms with van der Waals surface area (Å²) in [5.41, 5.74) is 1.90. The minimum atomic E-state index is -0.243. The number of piperazine rings is 1. The van der Waals surface area contributed by atoms with Gasteiger partial charge in [-0.2, -0.15) is 5.10 Å². The van der Waals surface area contributed by atoms with Crippen molar-refractivity contribution in [3.05, 3.63) is 52.3 Å². The van der Waals surface area contributed by atoms with Crippen LogP contribution in [0.5, 0.6) is 0 Å². The van der Waals surface area contributed by atoms with Crippen molar-refractivity contribution in [2.45, 2.75) is 27.3 Å². The van der Waals surface area contributed by atoms with Crippen molar-refractivity contribution in [2.24, 2.45) is 5.92 Å². The zero-order valence-electron chi connectivity index (χ0n) is 17.2. The van der Waals surface area contributed by atoms with Gasteiger partial charge in [-0.1, -0.05) is 26.0 Å². The Kier molecular flexibility index (Phi) is 5.69. The van der Waals surface area contributed by atoms with E-state index in [1.807, 2.05) is 22.6 Å². The number of amides is 1. The summed E-state index contributed by atoms with van der Waals surface area (Å²) in [5, 5.41) is 5.65. The summed E-state index contributed by atoms with van der Waals surface area (Å²) >= 11 is 1.50. The summed E-state index contributed by atoms with van der Waals surface area (Å²) in [5.74, 6) is 0.517. The third-order valence-electron chi connectivity index (χ3n) is 5.35. The standard InChI is InChI=1S/C22H27FN4OS/c1-15(2)13-25-8-10-26(11-9-25)21(28)20-12-19-16(3)24-27(22(19)29-20)14-17-4-6-18(23)7-5-17/h4-7,12,15H,8-11,13-14H2,1-3H3. The first-order valence-electron chi connectivity index (χ1n) is 10.1. The predicted molar refractivity (Wildman–Crippen MR) is 115 cm³/mol. The van der Waals surface area contributed by atoms with Crippen molar-refractivity contribution in [2.75, 3.05) is 32.7 Å². The maximum Gasteiger partial charge on any atom is 0.264 e. The van der Waals surface area contributed by atoms with Gasteiger partial charge >= 0.3 is 0 Å². The molecule has 1 aliphatic rings. The first kappa shape index (κ1) is 20.0. The van der Waals surface area contributed by atoms with E-state index in [9.17, 15) is 9.18 Å². The van der Waals surface area contributed by atoms with E-state index in [2.05, 4.69) is 23.8 Å². The molecule has 0 spiro atoms. The van der Waals surface area contributed by atoms with Gasteiger partial charge in [0.2, 0.25) is 0 Å². The molecule has 1 saturated heterocycles. The quantitative estimate of drug-likeness (QED) is 0.634. The highest BCUT2D eigenvalue weighted by Gasteiger charge is 2.25. The average molecular weight is 415 g/mol. The van der Waals surface area contributed by atoms with Gasteiger partial charge in [-0.25, -0.2) is 4.39 Å². The SMILES string of the molecule is Cc1nn(Cc2ccc(F)cc2)c2sc(C(=O)N3CCN(CC(C)C)CC3)cc12. The number of aryl methyl sites for hydroxylation is 1. The number of carbonyl (C=O) groups is 1. The van der Waals surface area contributed by atoms with Gasteiger partial charge < -0.3 is 4.90 Å². The topological polar surface area (TPSA) is 41.4 Å². The second kappa shape index (κ2) is 8.24. The van der Waals surface area contributed by atoms with E-state index < -0.39 is 0 Å². The molecule has 4 rings (SSSR count). The number of nitrogens with zero attached hydrogens (tertiary/aromatic N) is 4. The first-order chi connectivity index (χ1) is 13.9. The van der Waals surface area contributed by atoms with Gasteiger partial charge in [0.05, 0.1) is 17.1 Å². The molecule has 0 unspecified atom stereocenters. The van der Waals surface area contributed by atoms with Crippen molar-refractivity contribution >= 4 is 27.5 Å². The number of hydrogen-bond acceptors (Lipinski definition) is 4. The molecule has 1 aromatic carbocycles. The van der Waals surface area contributed by atoms with Gasteiger partial charge in [0.25, 0.3) is 5.91 Å². The molecule has 1 fully saturated rings. The van der Waals surface area contributed by atoms with Gasteiger partial charge in [-0.05, 0) is 36.6 Å². The van der Waals surface area contributed by atoms with Crippen molar-refractivity contribution < 1.29 is 9.18 Å². The van der Waals surface area contributed by atoms with Crippen LogP contribution in [0.1, 0.15) is 34.8 Å². The maximum absolute atomic E-state index is 13.2. The molecule has 0 radical (unpaired) electrons. The molecule has 3 aromatic rings. The first-order valence-corrected chi connectivity index (χ1v) is 11.0. The van der Waals surface area contributed by atoms with E-state index in [0.29, 0.717) is 12.5 Å². The molecule has 2 aromatic heterocycles. The van der Waals surface area contributed by atoms with E-state index in [-0.39, 0.29) is 11.7 Å². The molecule has 154 valence electrons. The Hall–Kier alpha value is -2.25. The fourth-order valence-electron chi connectivity index (χ4n) is 3.89. The highest BCUT2D eigenvalue weighted by atomic mass is 32.1. The van der Waals surface area contributed by atoms with E-state index in [1.165, 1.54) is 23.5 Å². The van der Waals surface area contributed by atoms with Crippen LogP contribution in [0.2, 0.25) is 0 Å². The van der Waals surface area contributed by atoms with E-state index in [1.54, 1.807) is 12.1 Å². The van der Waals surface area contributed by atoms with Gasteiger partial charge in [0.1, 0.15) is 10.6 Å². The van der Waals surface area contributed by atoms with E-state index >= 15 is 0 Å². The lowest BCUT2D eigenvalue weighted by Gasteiger charge is -2.35. The normalized spacial score (nSPS) is 15.6. The molecule has 29 heavy (non-hydrogen) atoms. The molecular formula is C22H27FN4OS. The Balaban J connectivity index is 1.50. The molecule has 0 aliphatic carbocycles. The van der Waals surface area contributed by atoms with Crippen LogP contribution >= 0.6 is 11.3 Å². The third-order valence-corrected chi connectivity index (χ3v) is 6.48. The number of hydrogen-bond donors (Lipinski definition) is 0. The third kappa shape index (κ3) is 4.36. The molecule has 3 heterocycles. The van der Waals surface area contributed by atoms with Gasteiger partial charge in [0.15, 0.2) is 0 Å². The smallest absolute Gasteiger partial charge is 0.264 e. The number of aromatic nitrogens is 2. The molecule has 1 amide bonds. The second-order valence-corrected chi connectivity index (χ2v) is 9.22. The van der Waals surface area contributed by atoms with Crippen LogP contribution in [0.3, 0.4) is 0 Å². The zero-order valence-corrected chi connectivity index (χ0v) is 18.0. The van der Waals surface area contributed by atoms with E-state index in [4.69, 9.17) is 0 Å². The van der Waals surface area contributed by atoms with Crippen LogP contribution in [0, 0.1) is 18.7 Å². The van der Waals surface area contributed by atoms with Crippen LogP contribution in [0.4, 0.5) is 4.39 Å². The number of thiophene rings is 1. The van der Waals surface area contributed by atoms with Crippen LogP contribution in [0.15, 0.2) is 30.3 Å². The summed E-state index contributed by atoms with van der Waals surface area (Å²) in [7, 11) is 0. The molecule has 7 heteroatoms. The number of rotatable bonds is 5. The number of benzene rings is 1. The molecule has 0 N–H and O–H groups in total. The Morgan fingerprint density at radius 2 is 1.86 bits per heavy atom. The molecular weight excluding hydrogens is 387 g/mol. The van der Waals surface area contributed by atoms with Crippen LogP contribution in [0.25, 0.3) is 10.2 Å². The Bertz CT molecular complexity index is 1000. The molecule has 0 atom stereocenters. The number of fused-ring (bicyclic) bond motifs is 1. The average Bonchev–Trinajstić information content (AvgIpc) is 3.25. The summed E-state index contributed by atoms with van der Waals surface area (Å²) in [6, 6.07) is 8.45. The lowest BCUT2D eigenvalue weighted by Crippen LogP contribution is -2.49. The maximum atomic E-state index is 13.2. The second-order valence-electron chi connectivity index (χ2n) is 8.19. The van der Waals surface area contributed by atoms with Gasteiger partial charge in [0, 0.05) is 38.1 Å². The largest absolute Gasteiger partial charge is 0.335 e. The Labute approximate surface area is 174 Å². The Morgan fingerprint density at radius 3 is 2.52 bits per heavy atom. The van der Waals surface area contributed by atoms with Gasteiger partial charge in [-0.15, -0.1) is 11.3 Å². The summed E-state index contributed by atoms with van der Waals surface area (Å²) in [4.78, 5) is 19.2. The summed E-state index contributed by atoms with van der Waals surface area (Å²) < 4.78 is 15.1. The predicted octanol–water partition coefficient (Wildman–Crippen LogP) is 4.01. The van der Waals surface area contributed by atoms with Crippen LogP contribution in [-0.4, -0.2) is 58.2 Å². The van der Waals surface area contributed by atoms with Crippen molar-refractivity contribution in [3.63, 3.8) is 0 Å². The molecule has 5 nitrogen and oxygen atoms in total. The minimum Gasteiger partial charge on any atom is -0.335 e. The highest BCUT2D eigenvalue weighted by molar-refractivity contribution is 7.20. The van der Waals surface area contributed by atoms with Crippen LogP contribution in [-0.2, 0) is 6.54 Å². The molecule has 1 aliphatic heterocycles. The zero-order chi connectivity index (χ0) is 20.5. The number of carbonyl (C=O) groups excluding carboxylic acids is 1. The Morgan fingerprint density at radius 1 is 1.17 bits per heavy atom. The lowest BCUT2D eigenvalue weighted by atomic mass is 10.2. The molecule has 0 bridgehead atoms. The van der Waals surface area contributed by atoms with E-state index in [0.717, 1.165) is 59.1 Å². The van der Waals surface area contributed by atoms with Crippen LogP contribution < -0.4 is 0 Å². The van der Waals surface area contributed by atoms with Gasteiger partial charge in [-0.3, -0.25) is 14.4 Å². The summed E-state index contributed by atoms with van der Waals surface area (Å²) in [6.07, 6.45) is 0. The fourth-order valence-corrected chi connectivity index (χ4v) is 5.02. The molecule has 0 saturated carbocycles. The fraction of sp³-hybridized carbons (Fsp3) is 0.455. The van der Waals surface area contributed by atoms with Crippen molar-refractivity contribution in [3.8, 4) is 0 Å². The number of halogens is 1. The summed E-state index contributed by atoms with van der Waals surface area (Å²) in [6.45, 7) is 11.5. The monoisotopic (exact) mass is 414 g/mol. The highest BCUT2D eigenvalue weighted by Crippen LogP contribution is 2.30. The lowest BCUT2D eigenvalue weighted by molar-refractivity contribution is 0.0628. The van der Waals surface area contributed by atoms with Crippen molar-refractivity contribution in [1.82, 2.24) is 19.6 Å². The van der Waals surface area contributed by atoms with Crippen molar-refractivity contribution in [1.29, 1.82) is 0 Å².